The topological polar surface area (TPSA) is 52.3 Å². The molecule has 0 fully saturated rings. The molecule has 0 aliphatic carbocycles. The molecule has 0 saturated heterocycles. The number of amides is 1. The van der Waals surface area contributed by atoms with Gasteiger partial charge in [-0.1, -0.05) is 0 Å². The normalized spacial score (nSPS) is 5.62. The van der Waals surface area contributed by atoms with Crippen molar-refractivity contribution in [2.45, 2.75) is 6.92 Å². The first-order chi connectivity index (χ1) is 2.77. The van der Waals surface area contributed by atoms with Gasteiger partial charge in [-0.2, -0.15) is 0 Å². The van der Waals surface area contributed by atoms with Gasteiger partial charge in [0.15, 0.2) is 0 Å². The molecule has 0 atom stereocenters. The fourth-order valence-corrected chi connectivity index (χ4v) is 0.142. The molecule has 8 heavy (non-hydrogen) atoms. The van der Waals surface area contributed by atoms with Crippen molar-refractivity contribution in [3.63, 3.8) is 0 Å². The molecular formula is C3H7ClNNaO2. The maximum atomic E-state index is 9.60. The molecule has 3 nitrogen and oxygen atoms in total. The maximum absolute atomic E-state index is 9.60. The minimum Gasteiger partial charge on any atom is -1.00 e. The Labute approximate surface area is 76.7 Å². The average Bonchev–Trinajstić information content (AvgIpc) is 1.35. The summed E-state index contributed by atoms with van der Waals surface area (Å²) in [4.78, 5) is 9.60. The number of carbonyl (C=O) groups is 1. The second kappa shape index (κ2) is 10.5. The summed E-state index contributed by atoms with van der Waals surface area (Å²) >= 11 is 0. The standard InChI is InChI=1S/C3H7NO2.ClH.Na/c1-2-6-3(4)5;;/h2H2,1H3,(H2,4,5);1H;/q;;+1/p-1. The quantitative estimate of drug-likeness (QED) is 0.376. The molecule has 0 unspecified atom stereocenters. The Morgan fingerprint density at radius 1 is 1.75 bits per heavy atom. The van der Waals surface area contributed by atoms with Crippen LogP contribution in [0.2, 0.25) is 0 Å². The Morgan fingerprint density at radius 2 is 2.12 bits per heavy atom. The maximum Gasteiger partial charge on any atom is 1.00 e. The first-order valence-corrected chi connectivity index (χ1v) is 1.69. The fourth-order valence-electron chi connectivity index (χ4n) is 0.142. The molecule has 5 heteroatoms. The minimum atomic E-state index is -0.711. The number of hydrogen-bond donors (Lipinski definition) is 1. The van der Waals surface area contributed by atoms with E-state index in [1.54, 1.807) is 6.92 Å². The van der Waals surface area contributed by atoms with Crippen LogP contribution in [0.1, 0.15) is 6.92 Å². The summed E-state index contributed by atoms with van der Waals surface area (Å²) in [7, 11) is 0. The molecule has 0 aromatic carbocycles. The zero-order valence-corrected chi connectivity index (χ0v) is 7.73. The van der Waals surface area contributed by atoms with Crippen molar-refractivity contribution < 1.29 is 51.5 Å². The Balaban J connectivity index is -0.000000125. The van der Waals surface area contributed by atoms with E-state index < -0.39 is 6.09 Å². The van der Waals surface area contributed by atoms with Crippen LogP contribution in [0.25, 0.3) is 0 Å². The number of halogens is 1. The van der Waals surface area contributed by atoms with Gasteiger partial charge in [0.05, 0.1) is 6.61 Å². The van der Waals surface area contributed by atoms with Crippen LogP contribution in [0, 0.1) is 0 Å². The number of hydrogen-bond acceptors (Lipinski definition) is 2. The number of rotatable bonds is 1. The summed E-state index contributed by atoms with van der Waals surface area (Å²) in [6, 6.07) is 0. The van der Waals surface area contributed by atoms with Crippen molar-refractivity contribution in [2.75, 3.05) is 6.61 Å². The number of primary amides is 1. The van der Waals surface area contributed by atoms with Gasteiger partial charge >= 0.3 is 35.7 Å². The van der Waals surface area contributed by atoms with E-state index in [4.69, 9.17) is 0 Å². The van der Waals surface area contributed by atoms with Crippen molar-refractivity contribution in [3.8, 4) is 0 Å². The summed E-state index contributed by atoms with van der Waals surface area (Å²) < 4.78 is 4.18. The van der Waals surface area contributed by atoms with Crippen LogP contribution in [0.15, 0.2) is 0 Å². The largest absolute Gasteiger partial charge is 1.00 e. The molecular weight excluding hydrogens is 140 g/mol. The average molecular weight is 148 g/mol. The smallest absolute Gasteiger partial charge is 1.00 e. The van der Waals surface area contributed by atoms with Crippen LogP contribution in [0.3, 0.4) is 0 Å². The predicted octanol–water partition coefficient (Wildman–Crippen LogP) is -5.89. The fraction of sp³-hybridized carbons (Fsp3) is 0.667. The van der Waals surface area contributed by atoms with E-state index in [-0.39, 0.29) is 42.0 Å². The molecule has 44 valence electrons. The van der Waals surface area contributed by atoms with Crippen LogP contribution in [0.4, 0.5) is 4.79 Å². The van der Waals surface area contributed by atoms with Crippen molar-refractivity contribution >= 4 is 6.09 Å². The summed E-state index contributed by atoms with van der Waals surface area (Å²) in [6.45, 7) is 2.06. The van der Waals surface area contributed by atoms with Crippen molar-refractivity contribution in [3.05, 3.63) is 0 Å². The zero-order valence-electron chi connectivity index (χ0n) is 4.98. The monoisotopic (exact) mass is 147 g/mol. The zero-order chi connectivity index (χ0) is 4.99. The van der Waals surface area contributed by atoms with Gasteiger partial charge in [-0.15, -0.1) is 0 Å². The summed E-state index contributed by atoms with van der Waals surface area (Å²) in [5.74, 6) is 0. The second-order valence-corrected chi connectivity index (χ2v) is 0.752. The first-order valence-electron chi connectivity index (χ1n) is 1.69. The Morgan fingerprint density at radius 3 is 2.12 bits per heavy atom. The molecule has 0 bridgehead atoms. The van der Waals surface area contributed by atoms with Crippen LogP contribution in [-0.2, 0) is 4.74 Å². The number of carbonyl (C=O) groups excluding carboxylic acids is 1. The summed E-state index contributed by atoms with van der Waals surface area (Å²) in [6.07, 6.45) is -0.711. The molecule has 0 spiro atoms. The molecule has 2 N–H and O–H groups in total. The molecule has 0 aromatic rings. The number of nitrogens with two attached hydrogens (primary N) is 1. The third kappa shape index (κ3) is 16.0. The van der Waals surface area contributed by atoms with Gasteiger partial charge in [-0.3, -0.25) is 0 Å². The molecule has 0 aromatic heterocycles. The minimum absolute atomic E-state index is 0. The van der Waals surface area contributed by atoms with Gasteiger partial charge in [0.2, 0.25) is 0 Å². The first kappa shape index (κ1) is 15.8. The second-order valence-electron chi connectivity index (χ2n) is 0.752. The van der Waals surface area contributed by atoms with Crippen molar-refractivity contribution in [1.82, 2.24) is 0 Å². The van der Waals surface area contributed by atoms with Gasteiger partial charge in [0.25, 0.3) is 0 Å². The Bertz CT molecular complexity index is 61.2. The third-order valence-corrected chi connectivity index (χ3v) is 0.287. The molecule has 0 heterocycles. The van der Waals surface area contributed by atoms with Gasteiger partial charge in [-0.25, -0.2) is 4.79 Å². The molecule has 0 saturated carbocycles. The van der Waals surface area contributed by atoms with E-state index in [1.807, 2.05) is 0 Å². The van der Waals surface area contributed by atoms with Crippen LogP contribution >= 0.6 is 0 Å². The van der Waals surface area contributed by atoms with E-state index in [0.717, 1.165) is 0 Å². The Kier molecular flexibility index (Phi) is 20.8. The van der Waals surface area contributed by atoms with E-state index in [9.17, 15) is 4.79 Å². The molecule has 0 radical (unpaired) electrons. The van der Waals surface area contributed by atoms with E-state index in [0.29, 0.717) is 6.61 Å². The van der Waals surface area contributed by atoms with E-state index in [2.05, 4.69) is 10.5 Å². The van der Waals surface area contributed by atoms with Gasteiger partial charge in [-0.05, 0) is 6.92 Å². The number of ether oxygens (including phenoxy) is 1. The summed E-state index contributed by atoms with van der Waals surface area (Å²) in [5.41, 5.74) is 4.54. The van der Waals surface area contributed by atoms with E-state index >= 15 is 0 Å². The predicted molar refractivity (Wildman–Crippen MR) is 21.2 cm³/mol. The van der Waals surface area contributed by atoms with Crippen LogP contribution in [-0.4, -0.2) is 12.7 Å². The molecule has 0 aliphatic rings. The van der Waals surface area contributed by atoms with Gasteiger partial charge in [0, 0.05) is 0 Å². The van der Waals surface area contributed by atoms with E-state index in [1.165, 1.54) is 0 Å². The van der Waals surface area contributed by atoms with Crippen molar-refractivity contribution in [1.29, 1.82) is 0 Å². The Hall–Kier alpha value is 0.560. The van der Waals surface area contributed by atoms with Gasteiger partial charge < -0.3 is 22.9 Å². The summed E-state index contributed by atoms with van der Waals surface area (Å²) in [5, 5.41) is 0. The molecule has 0 aliphatic heterocycles. The van der Waals surface area contributed by atoms with Crippen LogP contribution < -0.4 is 47.7 Å². The van der Waals surface area contributed by atoms with Gasteiger partial charge in [0.1, 0.15) is 0 Å². The third-order valence-electron chi connectivity index (χ3n) is 0.287. The van der Waals surface area contributed by atoms with Crippen LogP contribution in [0.5, 0.6) is 0 Å². The molecule has 0 rings (SSSR count). The SMILES string of the molecule is CCOC(N)=O.[Cl-].[Na+]. The molecule has 1 amide bonds. The van der Waals surface area contributed by atoms with Crippen molar-refractivity contribution in [2.24, 2.45) is 5.73 Å².